The SMILES string of the molecule is CCOc1c(I)cc(/C=N\NC(=O)[C@@H]2[C@H]3CCCC[C@]32C)cc1OC. The lowest BCUT2D eigenvalue weighted by atomic mass is 9.90. The number of carbonyl (C=O) groups is 1. The number of hydrogen-bond donors (Lipinski definition) is 1. The first kappa shape index (κ1) is 18.5. The van der Waals surface area contributed by atoms with Crippen LogP contribution in [0, 0.1) is 20.8 Å². The first-order chi connectivity index (χ1) is 12.0. The molecule has 1 aromatic carbocycles. The van der Waals surface area contributed by atoms with Crippen molar-refractivity contribution in [2.45, 2.75) is 39.5 Å². The van der Waals surface area contributed by atoms with Gasteiger partial charge in [0.1, 0.15) is 0 Å². The Morgan fingerprint density at radius 3 is 2.92 bits per heavy atom. The number of hydrazone groups is 1. The van der Waals surface area contributed by atoms with Crippen LogP contribution in [0.15, 0.2) is 17.2 Å². The van der Waals surface area contributed by atoms with E-state index in [1.165, 1.54) is 19.3 Å². The second kappa shape index (κ2) is 7.51. The number of amides is 1. The van der Waals surface area contributed by atoms with Crippen LogP contribution >= 0.6 is 22.6 Å². The van der Waals surface area contributed by atoms with Crippen LogP contribution in [0.5, 0.6) is 11.5 Å². The second-order valence-electron chi connectivity index (χ2n) is 7.04. The highest BCUT2D eigenvalue weighted by molar-refractivity contribution is 14.1. The Labute approximate surface area is 162 Å². The molecule has 0 aromatic heterocycles. The van der Waals surface area contributed by atoms with Crippen LogP contribution in [0.3, 0.4) is 0 Å². The van der Waals surface area contributed by atoms with Crippen LogP contribution < -0.4 is 14.9 Å². The van der Waals surface area contributed by atoms with Crippen LogP contribution in [0.2, 0.25) is 0 Å². The molecule has 2 aliphatic rings. The number of fused-ring (bicyclic) bond motifs is 1. The van der Waals surface area contributed by atoms with Crippen molar-refractivity contribution in [3.8, 4) is 11.5 Å². The summed E-state index contributed by atoms with van der Waals surface area (Å²) in [4.78, 5) is 12.4. The first-order valence-corrected chi connectivity index (χ1v) is 9.92. The van der Waals surface area contributed by atoms with Gasteiger partial charge in [0.15, 0.2) is 11.5 Å². The lowest BCUT2D eigenvalue weighted by molar-refractivity contribution is -0.123. The van der Waals surface area contributed by atoms with Gasteiger partial charge >= 0.3 is 0 Å². The van der Waals surface area contributed by atoms with Crippen molar-refractivity contribution in [1.29, 1.82) is 0 Å². The van der Waals surface area contributed by atoms with Gasteiger partial charge in [-0.2, -0.15) is 5.10 Å². The minimum atomic E-state index is 0.0539. The van der Waals surface area contributed by atoms with Gasteiger partial charge < -0.3 is 9.47 Å². The third kappa shape index (κ3) is 3.64. The van der Waals surface area contributed by atoms with Gasteiger partial charge in [0, 0.05) is 5.92 Å². The molecule has 0 aliphatic heterocycles. The molecule has 3 rings (SSSR count). The van der Waals surface area contributed by atoms with E-state index >= 15 is 0 Å². The minimum Gasteiger partial charge on any atom is -0.493 e. The number of rotatable bonds is 6. The van der Waals surface area contributed by atoms with Crippen LogP contribution in [0.4, 0.5) is 0 Å². The van der Waals surface area contributed by atoms with E-state index in [2.05, 4.69) is 40.0 Å². The third-order valence-corrected chi connectivity index (χ3v) is 6.34. The fraction of sp³-hybridized carbons (Fsp3) is 0.579. The predicted octanol–water partition coefficient (Wildman–Crippen LogP) is 3.97. The average Bonchev–Trinajstić information content (AvgIpc) is 3.22. The summed E-state index contributed by atoms with van der Waals surface area (Å²) >= 11 is 2.21. The molecule has 0 saturated heterocycles. The predicted molar refractivity (Wildman–Crippen MR) is 106 cm³/mol. The lowest BCUT2D eigenvalue weighted by Crippen LogP contribution is -2.22. The first-order valence-electron chi connectivity index (χ1n) is 8.84. The van der Waals surface area contributed by atoms with Gasteiger partial charge in [-0.15, -0.1) is 0 Å². The van der Waals surface area contributed by atoms with E-state index in [1.54, 1.807) is 13.3 Å². The Morgan fingerprint density at radius 1 is 1.48 bits per heavy atom. The van der Waals surface area contributed by atoms with E-state index in [9.17, 15) is 4.79 Å². The maximum atomic E-state index is 12.4. The largest absolute Gasteiger partial charge is 0.493 e. The summed E-state index contributed by atoms with van der Waals surface area (Å²) in [6, 6.07) is 3.82. The molecule has 0 unspecified atom stereocenters. The van der Waals surface area contributed by atoms with Gasteiger partial charge in [-0.3, -0.25) is 4.79 Å². The fourth-order valence-corrected chi connectivity index (χ4v) is 4.97. The van der Waals surface area contributed by atoms with Crippen LogP contribution in [-0.2, 0) is 4.79 Å². The number of nitrogens with zero attached hydrogens (tertiary/aromatic N) is 1. The molecule has 1 amide bonds. The summed E-state index contributed by atoms with van der Waals surface area (Å²) in [5, 5.41) is 4.16. The van der Waals surface area contributed by atoms with E-state index < -0.39 is 0 Å². The molecule has 0 heterocycles. The van der Waals surface area contributed by atoms with Gasteiger partial charge in [0.05, 0.1) is 23.5 Å². The number of carbonyl (C=O) groups excluding carboxylic acids is 1. The van der Waals surface area contributed by atoms with Gasteiger partial charge in [-0.1, -0.05) is 19.8 Å². The average molecular weight is 456 g/mol. The highest BCUT2D eigenvalue weighted by Crippen LogP contribution is 2.66. The maximum Gasteiger partial charge on any atom is 0.244 e. The summed E-state index contributed by atoms with van der Waals surface area (Å²) in [6.07, 6.45) is 6.48. The molecule has 2 fully saturated rings. The van der Waals surface area contributed by atoms with E-state index in [0.717, 1.165) is 21.3 Å². The fourth-order valence-electron chi connectivity index (χ4n) is 4.19. The quantitative estimate of drug-likeness (QED) is 0.401. The van der Waals surface area contributed by atoms with E-state index in [-0.39, 0.29) is 17.2 Å². The van der Waals surface area contributed by atoms with Crippen LogP contribution in [-0.4, -0.2) is 25.8 Å². The van der Waals surface area contributed by atoms with Crippen molar-refractivity contribution in [2.24, 2.45) is 22.4 Å². The molecule has 1 N–H and O–H groups in total. The zero-order chi connectivity index (χ0) is 18.0. The molecular formula is C19H25IN2O3. The summed E-state index contributed by atoms with van der Waals surface area (Å²) in [7, 11) is 1.62. The van der Waals surface area contributed by atoms with Gasteiger partial charge in [-0.05, 0) is 71.4 Å². The third-order valence-electron chi connectivity index (χ3n) is 5.54. The number of halogens is 1. The summed E-state index contributed by atoms with van der Waals surface area (Å²) in [5.74, 6) is 2.13. The molecule has 25 heavy (non-hydrogen) atoms. The molecule has 5 nitrogen and oxygen atoms in total. The molecule has 6 heteroatoms. The molecule has 2 aliphatic carbocycles. The van der Waals surface area contributed by atoms with E-state index in [0.29, 0.717) is 18.3 Å². The van der Waals surface area contributed by atoms with Gasteiger partial charge in [0.2, 0.25) is 5.91 Å². The van der Waals surface area contributed by atoms with E-state index in [4.69, 9.17) is 9.47 Å². The molecular weight excluding hydrogens is 431 g/mol. The number of methoxy groups -OCH3 is 1. The highest BCUT2D eigenvalue weighted by Gasteiger charge is 2.64. The number of ether oxygens (including phenoxy) is 2. The van der Waals surface area contributed by atoms with Crippen LogP contribution in [0.1, 0.15) is 45.1 Å². The summed E-state index contributed by atoms with van der Waals surface area (Å²) < 4.78 is 12.0. The normalized spacial score (nSPS) is 27.7. The maximum absolute atomic E-state index is 12.4. The monoisotopic (exact) mass is 456 g/mol. The molecule has 2 saturated carbocycles. The summed E-state index contributed by atoms with van der Waals surface area (Å²) in [6.45, 7) is 4.76. The Kier molecular flexibility index (Phi) is 5.55. The lowest BCUT2D eigenvalue weighted by Gasteiger charge is -2.15. The molecule has 0 spiro atoms. The zero-order valence-electron chi connectivity index (χ0n) is 15.0. The van der Waals surface area contributed by atoms with Crippen molar-refractivity contribution in [3.63, 3.8) is 0 Å². The van der Waals surface area contributed by atoms with Crippen molar-refractivity contribution < 1.29 is 14.3 Å². The Bertz CT molecular complexity index is 691. The standard InChI is InChI=1S/C19H25IN2O3/c1-4-25-17-14(20)9-12(10-15(17)24-3)11-21-22-18(23)16-13-7-5-6-8-19(13,16)2/h9-11,13,16H,4-8H2,1-3H3,(H,22,23)/b21-11-/t13-,16+,19-/m1/s1. The van der Waals surface area contributed by atoms with Crippen molar-refractivity contribution in [1.82, 2.24) is 5.43 Å². The topological polar surface area (TPSA) is 59.9 Å². The molecule has 3 atom stereocenters. The van der Waals surface area contributed by atoms with Crippen molar-refractivity contribution >= 4 is 34.7 Å². The van der Waals surface area contributed by atoms with Gasteiger partial charge in [0.25, 0.3) is 0 Å². The van der Waals surface area contributed by atoms with Crippen LogP contribution in [0.25, 0.3) is 0 Å². The number of nitrogens with one attached hydrogen (secondary N) is 1. The van der Waals surface area contributed by atoms with Crippen molar-refractivity contribution in [2.75, 3.05) is 13.7 Å². The summed E-state index contributed by atoms with van der Waals surface area (Å²) in [5.41, 5.74) is 3.80. The van der Waals surface area contributed by atoms with Crippen molar-refractivity contribution in [3.05, 3.63) is 21.3 Å². The smallest absolute Gasteiger partial charge is 0.244 e. The number of hydrogen-bond acceptors (Lipinski definition) is 4. The van der Waals surface area contributed by atoms with Gasteiger partial charge in [-0.25, -0.2) is 5.43 Å². The minimum absolute atomic E-state index is 0.0539. The Morgan fingerprint density at radius 2 is 2.28 bits per heavy atom. The highest BCUT2D eigenvalue weighted by atomic mass is 127. The molecule has 0 bridgehead atoms. The second-order valence-corrected chi connectivity index (χ2v) is 8.20. The number of benzene rings is 1. The van der Waals surface area contributed by atoms with E-state index in [1.807, 2.05) is 19.1 Å². The molecule has 136 valence electrons. The Balaban J connectivity index is 1.64. The zero-order valence-corrected chi connectivity index (χ0v) is 17.1. The Hall–Kier alpha value is -1.31. The molecule has 1 aromatic rings. The molecule has 0 radical (unpaired) electrons.